The van der Waals surface area contributed by atoms with E-state index in [1.165, 1.54) is 0 Å². The molecule has 1 aromatic carbocycles. The second-order valence-electron chi connectivity index (χ2n) is 3.70. The molecule has 0 aliphatic carbocycles. The SMILES string of the molecule is CC(CO)NS(=O)(=O)Cc1ccc(Cl)cc1Br. The lowest BCUT2D eigenvalue weighted by Crippen LogP contribution is -2.35. The summed E-state index contributed by atoms with van der Waals surface area (Å²) in [5, 5.41) is 9.34. The van der Waals surface area contributed by atoms with Crippen molar-refractivity contribution in [2.24, 2.45) is 0 Å². The highest BCUT2D eigenvalue weighted by Crippen LogP contribution is 2.23. The molecule has 0 heterocycles. The largest absolute Gasteiger partial charge is 0.395 e. The van der Waals surface area contributed by atoms with Crippen molar-refractivity contribution in [3.8, 4) is 0 Å². The first-order chi connectivity index (χ1) is 7.84. The number of benzene rings is 1. The van der Waals surface area contributed by atoms with Crippen LogP contribution in [0.25, 0.3) is 0 Å². The van der Waals surface area contributed by atoms with Crippen molar-refractivity contribution < 1.29 is 13.5 Å². The Hall–Kier alpha value is -0.140. The summed E-state index contributed by atoms with van der Waals surface area (Å²) in [7, 11) is -3.46. The van der Waals surface area contributed by atoms with Crippen LogP contribution in [-0.4, -0.2) is 26.2 Å². The van der Waals surface area contributed by atoms with Gasteiger partial charge in [0.05, 0.1) is 12.4 Å². The molecular weight excluding hydrogens is 330 g/mol. The third kappa shape index (κ3) is 4.93. The number of nitrogens with one attached hydrogen (secondary N) is 1. The van der Waals surface area contributed by atoms with Gasteiger partial charge in [-0.2, -0.15) is 0 Å². The van der Waals surface area contributed by atoms with Gasteiger partial charge in [0, 0.05) is 15.5 Å². The maximum absolute atomic E-state index is 11.7. The lowest BCUT2D eigenvalue weighted by atomic mass is 10.2. The lowest BCUT2D eigenvalue weighted by molar-refractivity contribution is 0.265. The van der Waals surface area contributed by atoms with Gasteiger partial charge in [-0.1, -0.05) is 33.6 Å². The fourth-order valence-corrected chi connectivity index (χ4v) is 3.67. The molecule has 1 unspecified atom stereocenters. The normalized spacial score (nSPS) is 13.6. The highest BCUT2D eigenvalue weighted by atomic mass is 79.9. The zero-order valence-corrected chi connectivity index (χ0v) is 12.3. The summed E-state index contributed by atoms with van der Waals surface area (Å²) in [6, 6.07) is 4.43. The molecule has 0 fully saturated rings. The lowest BCUT2D eigenvalue weighted by Gasteiger charge is -2.12. The third-order valence-corrected chi connectivity index (χ3v) is 4.44. The van der Waals surface area contributed by atoms with E-state index in [-0.39, 0.29) is 12.4 Å². The Morgan fingerprint density at radius 1 is 1.53 bits per heavy atom. The first-order valence-corrected chi connectivity index (χ1v) is 7.71. The van der Waals surface area contributed by atoms with E-state index >= 15 is 0 Å². The van der Waals surface area contributed by atoms with Gasteiger partial charge in [0.1, 0.15) is 0 Å². The third-order valence-electron chi connectivity index (χ3n) is 2.02. The minimum atomic E-state index is -3.46. The maximum atomic E-state index is 11.7. The fourth-order valence-electron chi connectivity index (χ4n) is 1.23. The zero-order valence-electron chi connectivity index (χ0n) is 9.15. The molecule has 0 aliphatic rings. The molecule has 0 aliphatic heterocycles. The first kappa shape index (κ1) is 14.9. The average molecular weight is 343 g/mol. The van der Waals surface area contributed by atoms with Crippen LogP contribution < -0.4 is 4.72 Å². The summed E-state index contributed by atoms with van der Waals surface area (Å²) < 4.78 is 26.5. The van der Waals surface area contributed by atoms with Gasteiger partial charge in [0.15, 0.2) is 0 Å². The van der Waals surface area contributed by atoms with Gasteiger partial charge in [-0.05, 0) is 24.6 Å². The highest BCUT2D eigenvalue weighted by molar-refractivity contribution is 9.10. The van der Waals surface area contributed by atoms with Crippen molar-refractivity contribution in [1.82, 2.24) is 4.72 Å². The van der Waals surface area contributed by atoms with Crippen LogP contribution in [0.1, 0.15) is 12.5 Å². The van der Waals surface area contributed by atoms with Gasteiger partial charge >= 0.3 is 0 Å². The standard InChI is InChI=1S/C10H13BrClNO3S/c1-7(5-14)13-17(15,16)6-8-2-3-9(12)4-10(8)11/h2-4,7,13-14H,5-6H2,1H3. The molecule has 0 saturated heterocycles. The Balaban J connectivity index is 2.83. The van der Waals surface area contributed by atoms with Crippen molar-refractivity contribution in [2.45, 2.75) is 18.7 Å². The van der Waals surface area contributed by atoms with Crippen molar-refractivity contribution in [1.29, 1.82) is 0 Å². The number of aliphatic hydroxyl groups excluding tert-OH is 1. The molecular formula is C10H13BrClNO3S. The predicted octanol–water partition coefficient (Wildman–Crippen LogP) is 1.90. The molecule has 1 atom stereocenters. The van der Waals surface area contributed by atoms with Gasteiger partial charge in [-0.15, -0.1) is 0 Å². The Labute approximate surface area is 114 Å². The quantitative estimate of drug-likeness (QED) is 0.859. The van der Waals surface area contributed by atoms with E-state index < -0.39 is 16.1 Å². The molecule has 0 amide bonds. The van der Waals surface area contributed by atoms with E-state index in [4.69, 9.17) is 16.7 Å². The van der Waals surface area contributed by atoms with E-state index in [2.05, 4.69) is 20.7 Å². The molecule has 7 heteroatoms. The second kappa shape index (κ2) is 6.15. The van der Waals surface area contributed by atoms with E-state index in [1.807, 2.05) is 0 Å². The summed E-state index contributed by atoms with van der Waals surface area (Å²) in [6.45, 7) is 1.36. The van der Waals surface area contributed by atoms with Crippen LogP contribution in [0.2, 0.25) is 5.02 Å². The van der Waals surface area contributed by atoms with Gasteiger partial charge in [-0.3, -0.25) is 0 Å². The number of rotatable bonds is 5. The number of aliphatic hydroxyl groups is 1. The molecule has 96 valence electrons. The van der Waals surface area contributed by atoms with Crippen molar-refractivity contribution >= 4 is 37.6 Å². The highest BCUT2D eigenvalue weighted by Gasteiger charge is 2.16. The Kier molecular flexibility index (Phi) is 5.40. The molecule has 1 rings (SSSR count). The molecule has 17 heavy (non-hydrogen) atoms. The molecule has 2 N–H and O–H groups in total. The van der Waals surface area contributed by atoms with Gasteiger partial charge < -0.3 is 5.11 Å². The second-order valence-corrected chi connectivity index (χ2v) is 6.74. The number of sulfonamides is 1. The van der Waals surface area contributed by atoms with E-state index in [0.717, 1.165) is 0 Å². The average Bonchev–Trinajstić information content (AvgIpc) is 2.21. The van der Waals surface area contributed by atoms with Crippen LogP contribution in [-0.2, 0) is 15.8 Å². The number of hydrogen-bond acceptors (Lipinski definition) is 3. The fraction of sp³-hybridized carbons (Fsp3) is 0.400. The van der Waals surface area contributed by atoms with Crippen LogP contribution in [0.4, 0.5) is 0 Å². The smallest absolute Gasteiger partial charge is 0.216 e. The Morgan fingerprint density at radius 2 is 2.18 bits per heavy atom. The molecule has 0 saturated carbocycles. The van der Waals surface area contributed by atoms with E-state index in [9.17, 15) is 8.42 Å². The van der Waals surface area contributed by atoms with Crippen molar-refractivity contribution in [3.63, 3.8) is 0 Å². The van der Waals surface area contributed by atoms with E-state index in [1.54, 1.807) is 25.1 Å². The molecule has 1 aromatic rings. The summed E-state index contributed by atoms with van der Waals surface area (Å²) in [5.41, 5.74) is 0.618. The number of hydrogen-bond donors (Lipinski definition) is 2. The zero-order chi connectivity index (χ0) is 13.1. The molecule has 4 nitrogen and oxygen atoms in total. The monoisotopic (exact) mass is 341 g/mol. The van der Waals surface area contributed by atoms with Crippen LogP contribution >= 0.6 is 27.5 Å². The van der Waals surface area contributed by atoms with Gasteiger partial charge in [0.25, 0.3) is 0 Å². The summed E-state index contributed by atoms with van der Waals surface area (Å²) >= 11 is 9.02. The van der Waals surface area contributed by atoms with Crippen molar-refractivity contribution in [3.05, 3.63) is 33.3 Å². The molecule has 0 aromatic heterocycles. The number of halogens is 2. The van der Waals surface area contributed by atoms with Crippen LogP contribution in [0.3, 0.4) is 0 Å². The summed E-state index contributed by atoms with van der Waals surface area (Å²) in [5.74, 6) is -0.158. The molecule has 0 bridgehead atoms. The maximum Gasteiger partial charge on any atom is 0.216 e. The Morgan fingerprint density at radius 3 is 2.71 bits per heavy atom. The Bertz CT molecular complexity index is 492. The van der Waals surface area contributed by atoms with Gasteiger partial charge in [-0.25, -0.2) is 13.1 Å². The summed E-state index contributed by atoms with van der Waals surface area (Å²) in [4.78, 5) is 0. The summed E-state index contributed by atoms with van der Waals surface area (Å²) in [6.07, 6.45) is 0. The molecule has 0 spiro atoms. The van der Waals surface area contributed by atoms with E-state index in [0.29, 0.717) is 15.1 Å². The van der Waals surface area contributed by atoms with Gasteiger partial charge in [0.2, 0.25) is 10.0 Å². The topological polar surface area (TPSA) is 66.4 Å². The van der Waals surface area contributed by atoms with Crippen LogP contribution in [0.15, 0.2) is 22.7 Å². The van der Waals surface area contributed by atoms with Crippen molar-refractivity contribution in [2.75, 3.05) is 6.61 Å². The molecule has 0 radical (unpaired) electrons. The van der Waals surface area contributed by atoms with Crippen LogP contribution in [0, 0.1) is 0 Å². The minimum absolute atomic E-state index is 0.158. The minimum Gasteiger partial charge on any atom is -0.395 e. The predicted molar refractivity (Wildman–Crippen MR) is 71.5 cm³/mol. The first-order valence-electron chi connectivity index (χ1n) is 4.89. The van der Waals surface area contributed by atoms with Crippen LogP contribution in [0.5, 0.6) is 0 Å².